The van der Waals surface area contributed by atoms with Crippen LogP contribution in [0.5, 0.6) is 5.75 Å². The van der Waals surface area contributed by atoms with E-state index in [2.05, 4.69) is 4.98 Å². The molecule has 2 aromatic heterocycles. The number of aliphatic carboxylic acids is 1. The Hall–Kier alpha value is -4.59. The summed E-state index contributed by atoms with van der Waals surface area (Å²) in [5.41, 5.74) is 4.31. The second-order valence-electron chi connectivity index (χ2n) is 7.61. The SMILES string of the molecule is O=C(O)Cc1ccccc1OCc1cc(-c2cccc3c([N+](=O)[O-])c[nH]c23)c2occc2c1. The molecule has 2 N–H and O–H groups in total. The Balaban J connectivity index is 1.56. The summed E-state index contributed by atoms with van der Waals surface area (Å²) in [5.74, 6) is -0.419. The van der Waals surface area contributed by atoms with Gasteiger partial charge in [0, 0.05) is 22.1 Å². The minimum Gasteiger partial charge on any atom is -0.489 e. The van der Waals surface area contributed by atoms with Gasteiger partial charge < -0.3 is 19.2 Å². The Kier molecular flexibility index (Phi) is 5.02. The summed E-state index contributed by atoms with van der Waals surface area (Å²) < 4.78 is 11.7. The lowest BCUT2D eigenvalue weighted by atomic mass is 9.98. The minimum absolute atomic E-state index is 0.0112. The first-order chi connectivity index (χ1) is 16.0. The predicted molar refractivity (Wildman–Crippen MR) is 122 cm³/mol. The molecular weight excluding hydrogens is 424 g/mol. The lowest BCUT2D eigenvalue weighted by Crippen LogP contribution is -2.04. The monoisotopic (exact) mass is 442 g/mol. The van der Waals surface area contributed by atoms with Gasteiger partial charge in [0.1, 0.15) is 17.9 Å². The maximum atomic E-state index is 11.4. The minimum atomic E-state index is -0.929. The van der Waals surface area contributed by atoms with Crippen molar-refractivity contribution in [3.05, 3.63) is 94.4 Å². The first-order valence-corrected chi connectivity index (χ1v) is 10.2. The normalized spacial score (nSPS) is 11.2. The van der Waals surface area contributed by atoms with Gasteiger partial charge in [0.2, 0.25) is 0 Å². The number of nitrogens with zero attached hydrogens (tertiary/aromatic N) is 1. The third-order valence-electron chi connectivity index (χ3n) is 5.50. The van der Waals surface area contributed by atoms with Crippen LogP contribution in [0.2, 0.25) is 0 Å². The number of rotatable bonds is 7. The molecule has 0 radical (unpaired) electrons. The van der Waals surface area contributed by atoms with Gasteiger partial charge in [0.05, 0.1) is 34.7 Å². The Morgan fingerprint density at radius 3 is 2.76 bits per heavy atom. The number of benzene rings is 3. The van der Waals surface area contributed by atoms with E-state index in [1.165, 1.54) is 6.20 Å². The van der Waals surface area contributed by atoms with E-state index in [0.717, 1.165) is 22.1 Å². The lowest BCUT2D eigenvalue weighted by Gasteiger charge is -2.12. The van der Waals surface area contributed by atoms with E-state index >= 15 is 0 Å². The van der Waals surface area contributed by atoms with Gasteiger partial charge in [0.25, 0.3) is 5.69 Å². The van der Waals surface area contributed by atoms with E-state index in [-0.39, 0.29) is 18.7 Å². The number of fused-ring (bicyclic) bond motifs is 2. The van der Waals surface area contributed by atoms with Gasteiger partial charge in [-0.2, -0.15) is 0 Å². The second kappa shape index (κ2) is 8.16. The number of furan rings is 1. The molecule has 0 bridgehead atoms. The highest BCUT2D eigenvalue weighted by Gasteiger charge is 2.19. The molecule has 8 heteroatoms. The summed E-state index contributed by atoms with van der Waals surface area (Å²) in [4.78, 5) is 25.1. The van der Waals surface area contributed by atoms with Crippen molar-refractivity contribution >= 4 is 33.5 Å². The van der Waals surface area contributed by atoms with E-state index in [9.17, 15) is 14.9 Å². The summed E-state index contributed by atoms with van der Waals surface area (Å²) in [7, 11) is 0. The molecule has 8 nitrogen and oxygen atoms in total. The Labute approximate surface area is 187 Å². The topological polar surface area (TPSA) is 119 Å². The zero-order valence-electron chi connectivity index (χ0n) is 17.3. The number of carboxylic acids is 1. The van der Waals surface area contributed by atoms with Crippen LogP contribution in [0.4, 0.5) is 5.69 Å². The smallest absolute Gasteiger partial charge is 0.307 e. The van der Waals surface area contributed by atoms with Crippen LogP contribution in [0, 0.1) is 10.1 Å². The number of hydrogen-bond donors (Lipinski definition) is 2. The zero-order valence-corrected chi connectivity index (χ0v) is 17.3. The molecular formula is C25H18N2O6. The molecule has 5 aromatic rings. The Morgan fingerprint density at radius 2 is 1.94 bits per heavy atom. The van der Waals surface area contributed by atoms with Crippen LogP contribution in [0.25, 0.3) is 33.0 Å². The summed E-state index contributed by atoms with van der Waals surface area (Å²) in [6.45, 7) is 0.214. The molecule has 0 spiro atoms. The number of nitrogens with one attached hydrogen (secondary N) is 1. The zero-order chi connectivity index (χ0) is 22.9. The summed E-state index contributed by atoms with van der Waals surface area (Å²) in [5, 5.41) is 21.9. The van der Waals surface area contributed by atoms with E-state index < -0.39 is 10.9 Å². The van der Waals surface area contributed by atoms with E-state index in [0.29, 0.717) is 27.8 Å². The summed E-state index contributed by atoms with van der Waals surface area (Å²) in [6.07, 6.45) is 2.86. The number of para-hydroxylation sites is 2. The van der Waals surface area contributed by atoms with Crippen LogP contribution in [0.1, 0.15) is 11.1 Å². The molecule has 164 valence electrons. The highest BCUT2D eigenvalue weighted by Crippen LogP contribution is 2.37. The number of carbonyl (C=O) groups is 1. The molecule has 0 atom stereocenters. The maximum Gasteiger partial charge on any atom is 0.307 e. The van der Waals surface area contributed by atoms with Gasteiger partial charge >= 0.3 is 5.97 Å². The number of nitro groups is 1. The second-order valence-corrected chi connectivity index (χ2v) is 7.61. The Bertz CT molecular complexity index is 1510. The van der Waals surface area contributed by atoms with Crippen LogP contribution in [0.3, 0.4) is 0 Å². The fourth-order valence-electron chi connectivity index (χ4n) is 4.06. The van der Waals surface area contributed by atoms with Crippen molar-refractivity contribution in [3.8, 4) is 16.9 Å². The van der Waals surface area contributed by atoms with Crippen LogP contribution in [-0.2, 0) is 17.8 Å². The third-order valence-corrected chi connectivity index (χ3v) is 5.50. The fraction of sp³-hybridized carbons (Fsp3) is 0.0800. The van der Waals surface area contributed by atoms with Gasteiger partial charge in [-0.25, -0.2) is 0 Å². The van der Waals surface area contributed by atoms with Gasteiger partial charge in [-0.3, -0.25) is 14.9 Å². The van der Waals surface area contributed by atoms with Crippen LogP contribution in [0.15, 0.2) is 77.5 Å². The van der Waals surface area contributed by atoms with Crippen LogP contribution >= 0.6 is 0 Å². The number of aromatic amines is 1. The average Bonchev–Trinajstić information content (AvgIpc) is 3.44. The van der Waals surface area contributed by atoms with Crippen molar-refractivity contribution in [2.24, 2.45) is 0 Å². The molecule has 0 aliphatic heterocycles. The Morgan fingerprint density at radius 1 is 1.09 bits per heavy atom. The molecule has 0 unspecified atom stereocenters. The number of aromatic nitrogens is 1. The first-order valence-electron chi connectivity index (χ1n) is 10.2. The van der Waals surface area contributed by atoms with Gasteiger partial charge in [-0.15, -0.1) is 0 Å². The third kappa shape index (κ3) is 3.78. The number of ether oxygens (including phenoxy) is 1. The first kappa shape index (κ1) is 20.3. The quantitative estimate of drug-likeness (QED) is 0.247. The molecule has 0 saturated heterocycles. The fourth-order valence-corrected chi connectivity index (χ4v) is 4.06. The van der Waals surface area contributed by atoms with Crippen molar-refractivity contribution in [2.45, 2.75) is 13.0 Å². The average molecular weight is 442 g/mol. The molecule has 0 aliphatic rings. The van der Waals surface area contributed by atoms with E-state index in [1.54, 1.807) is 42.7 Å². The molecule has 5 rings (SSSR count). The molecule has 2 heterocycles. The van der Waals surface area contributed by atoms with Gasteiger partial charge in [-0.05, 0) is 35.9 Å². The van der Waals surface area contributed by atoms with Crippen molar-refractivity contribution in [1.82, 2.24) is 4.98 Å². The van der Waals surface area contributed by atoms with E-state index in [4.69, 9.17) is 14.3 Å². The molecule has 0 fully saturated rings. The molecule has 33 heavy (non-hydrogen) atoms. The van der Waals surface area contributed by atoms with Crippen LogP contribution in [-0.4, -0.2) is 21.0 Å². The maximum absolute atomic E-state index is 11.4. The van der Waals surface area contributed by atoms with Crippen molar-refractivity contribution in [3.63, 3.8) is 0 Å². The van der Waals surface area contributed by atoms with Crippen molar-refractivity contribution in [2.75, 3.05) is 0 Å². The molecule has 0 aliphatic carbocycles. The predicted octanol–water partition coefficient (Wildman–Crippen LogP) is 5.70. The lowest BCUT2D eigenvalue weighted by molar-refractivity contribution is -0.383. The van der Waals surface area contributed by atoms with Gasteiger partial charge in [-0.1, -0.05) is 30.3 Å². The number of hydrogen-bond acceptors (Lipinski definition) is 5. The molecule has 0 saturated carbocycles. The number of H-pyrrole nitrogens is 1. The highest BCUT2D eigenvalue weighted by molar-refractivity contribution is 6.04. The van der Waals surface area contributed by atoms with Crippen molar-refractivity contribution in [1.29, 1.82) is 0 Å². The standard InChI is InChI=1S/C25H18N2O6/c28-23(29)12-16-4-1-2-7-22(16)33-14-15-10-17-8-9-32-25(17)20(11-15)18-5-3-6-19-21(27(30)31)13-26-24(18)19/h1-11,13,26H,12,14H2,(H,28,29). The van der Waals surface area contributed by atoms with Crippen molar-refractivity contribution < 1.29 is 24.0 Å². The molecule has 0 amide bonds. The highest BCUT2D eigenvalue weighted by atomic mass is 16.6. The largest absolute Gasteiger partial charge is 0.489 e. The summed E-state index contributed by atoms with van der Waals surface area (Å²) >= 11 is 0. The summed E-state index contributed by atoms with van der Waals surface area (Å²) in [6, 6.07) is 18.1. The number of carboxylic acid groups (broad SMARTS) is 1. The molecule has 3 aromatic carbocycles. The van der Waals surface area contributed by atoms with Crippen LogP contribution < -0.4 is 4.74 Å². The van der Waals surface area contributed by atoms with E-state index in [1.807, 2.05) is 24.3 Å². The van der Waals surface area contributed by atoms with Gasteiger partial charge in [0.15, 0.2) is 0 Å².